The van der Waals surface area contributed by atoms with Crippen molar-refractivity contribution in [2.24, 2.45) is 11.3 Å². The number of likely N-dealkylation sites (tertiary alicyclic amines) is 1. The van der Waals surface area contributed by atoms with Gasteiger partial charge < -0.3 is 24.2 Å². The summed E-state index contributed by atoms with van der Waals surface area (Å²) in [6.45, 7) is 0.891. The van der Waals surface area contributed by atoms with Gasteiger partial charge in [0.15, 0.2) is 11.5 Å². The normalized spacial score (nSPS) is 25.4. The van der Waals surface area contributed by atoms with E-state index in [1.807, 2.05) is 0 Å². The molecule has 1 amide bonds. The zero-order valence-corrected chi connectivity index (χ0v) is 14.1. The monoisotopic (exact) mass is 353 g/mol. The van der Waals surface area contributed by atoms with Crippen LogP contribution in [0.15, 0.2) is 12.1 Å². The van der Waals surface area contributed by atoms with E-state index in [1.54, 1.807) is 0 Å². The highest BCUT2D eigenvalue weighted by Crippen LogP contribution is 2.43. The van der Waals surface area contributed by atoms with E-state index in [0.29, 0.717) is 13.0 Å². The van der Waals surface area contributed by atoms with Crippen LogP contribution in [0.4, 0.5) is 4.39 Å². The number of carbonyl (C=O) groups excluding carboxylic acids is 1. The van der Waals surface area contributed by atoms with Crippen molar-refractivity contribution in [2.45, 2.75) is 6.42 Å². The van der Waals surface area contributed by atoms with Gasteiger partial charge >= 0.3 is 5.97 Å². The molecule has 2 fully saturated rings. The quantitative estimate of drug-likeness (QED) is 0.881. The predicted octanol–water partition coefficient (Wildman–Crippen LogP) is 1.41. The molecule has 0 spiro atoms. The highest BCUT2D eigenvalue weighted by Gasteiger charge is 2.55. The number of benzene rings is 1. The van der Waals surface area contributed by atoms with Gasteiger partial charge in [0, 0.05) is 31.7 Å². The zero-order valence-electron chi connectivity index (χ0n) is 14.1. The number of hydrogen-bond acceptors (Lipinski definition) is 5. The van der Waals surface area contributed by atoms with Crippen LogP contribution in [0.1, 0.15) is 16.8 Å². The molecule has 2 aliphatic heterocycles. The maximum Gasteiger partial charge on any atom is 0.311 e. The first-order valence-corrected chi connectivity index (χ1v) is 7.95. The summed E-state index contributed by atoms with van der Waals surface area (Å²) >= 11 is 0. The SMILES string of the molecule is COc1cc(F)c(C(=O)N2C[C@H]3COCC[C@@]3(C(=O)O)C2)cc1OC. The Bertz CT molecular complexity index is 709. The maximum absolute atomic E-state index is 14.4. The molecular formula is C17H20FNO6. The number of hydrogen-bond donors (Lipinski definition) is 1. The van der Waals surface area contributed by atoms with Gasteiger partial charge in [-0.2, -0.15) is 0 Å². The molecular weight excluding hydrogens is 333 g/mol. The van der Waals surface area contributed by atoms with Crippen molar-refractivity contribution in [3.63, 3.8) is 0 Å². The third-order valence-electron chi connectivity index (χ3n) is 5.12. The fraction of sp³-hybridized carbons (Fsp3) is 0.529. The number of amides is 1. The molecule has 0 saturated carbocycles. The van der Waals surface area contributed by atoms with Gasteiger partial charge in [-0.3, -0.25) is 9.59 Å². The Morgan fingerprint density at radius 3 is 2.60 bits per heavy atom. The van der Waals surface area contributed by atoms with Crippen molar-refractivity contribution < 1.29 is 33.3 Å². The first-order chi connectivity index (χ1) is 11.9. The van der Waals surface area contributed by atoms with Crippen LogP contribution >= 0.6 is 0 Å². The summed E-state index contributed by atoms with van der Waals surface area (Å²) < 4.78 is 29.9. The Hall–Kier alpha value is -2.35. The topological polar surface area (TPSA) is 85.3 Å². The molecule has 1 aromatic carbocycles. The van der Waals surface area contributed by atoms with Gasteiger partial charge in [-0.1, -0.05) is 0 Å². The van der Waals surface area contributed by atoms with Gasteiger partial charge in [-0.15, -0.1) is 0 Å². The number of rotatable bonds is 4. The van der Waals surface area contributed by atoms with E-state index in [4.69, 9.17) is 14.2 Å². The molecule has 2 saturated heterocycles. The standard InChI is InChI=1S/C17H20FNO6/c1-23-13-5-11(12(18)6-14(13)24-2)15(20)19-7-10-8-25-4-3-17(10,9-19)16(21)22/h5-6,10H,3-4,7-9H2,1-2H3,(H,21,22)/t10-,17+/m0/s1. The Labute approximate surface area is 144 Å². The second-order valence-corrected chi connectivity index (χ2v) is 6.36. The molecule has 2 atom stereocenters. The minimum atomic E-state index is -1.03. The van der Waals surface area contributed by atoms with E-state index >= 15 is 0 Å². The average Bonchev–Trinajstić information content (AvgIpc) is 3.02. The van der Waals surface area contributed by atoms with Crippen molar-refractivity contribution in [2.75, 3.05) is 40.5 Å². The summed E-state index contributed by atoms with van der Waals surface area (Å²) in [6.07, 6.45) is 0.338. The number of aliphatic carboxylic acids is 1. The molecule has 0 aliphatic carbocycles. The fourth-order valence-electron chi connectivity index (χ4n) is 3.64. The molecule has 0 unspecified atom stereocenters. The molecule has 1 N–H and O–H groups in total. The number of halogens is 1. The van der Waals surface area contributed by atoms with Crippen LogP contribution in [-0.2, 0) is 9.53 Å². The molecule has 8 heteroatoms. The van der Waals surface area contributed by atoms with Gasteiger partial charge in [-0.05, 0) is 12.5 Å². The second-order valence-electron chi connectivity index (χ2n) is 6.36. The summed E-state index contributed by atoms with van der Waals surface area (Å²) in [5, 5.41) is 9.67. The lowest BCUT2D eigenvalue weighted by molar-refractivity contribution is -0.157. The van der Waals surface area contributed by atoms with E-state index in [9.17, 15) is 19.1 Å². The van der Waals surface area contributed by atoms with Crippen LogP contribution in [-0.4, -0.2) is 62.4 Å². The van der Waals surface area contributed by atoms with E-state index in [0.717, 1.165) is 6.07 Å². The summed E-state index contributed by atoms with van der Waals surface area (Å²) in [4.78, 5) is 26.0. The third kappa shape index (κ3) is 2.80. The van der Waals surface area contributed by atoms with Crippen LogP contribution in [0.2, 0.25) is 0 Å². The van der Waals surface area contributed by atoms with Gasteiger partial charge in [0.05, 0.1) is 31.8 Å². The Balaban J connectivity index is 1.91. The molecule has 7 nitrogen and oxygen atoms in total. The Kier molecular flexibility index (Phi) is 4.55. The lowest BCUT2D eigenvalue weighted by Crippen LogP contribution is -2.45. The van der Waals surface area contributed by atoms with Gasteiger partial charge in [0.2, 0.25) is 0 Å². The molecule has 2 aliphatic rings. The van der Waals surface area contributed by atoms with Crippen molar-refractivity contribution in [3.8, 4) is 11.5 Å². The molecule has 0 radical (unpaired) electrons. The number of nitrogens with zero attached hydrogens (tertiary/aromatic N) is 1. The van der Waals surface area contributed by atoms with Gasteiger partial charge in [0.1, 0.15) is 5.82 Å². The number of carboxylic acids is 1. The highest BCUT2D eigenvalue weighted by molar-refractivity contribution is 5.96. The van der Waals surface area contributed by atoms with Crippen LogP contribution in [0.3, 0.4) is 0 Å². The minimum Gasteiger partial charge on any atom is -0.493 e. The number of methoxy groups -OCH3 is 2. The lowest BCUT2D eigenvalue weighted by atomic mass is 9.74. The molecule has 0 aromatic heterocycles. The predicted molar refractivity (Wildman–Crippen MR) is 84.4 cm³/mol. The lowest BCUT2D eigenvalue weighted by Gasteiger charge is -2.33. The highest BCUT2D eigenvalue weighted by atomic mass is 19.1. The second kappa shape index (κ2) is 6.51. The van der Waals surface area contributed by atoms with Crippen molar-refractivity contribution in [1.82, 2.24) is 4.90 Å². The van der Waals surface area contributed by atoms with E-state index in [1.165, 1.54) is 25.2 Å². The largest absolute Gasteiger partial charge is 0.493 e. The van der Waals surface area contributed by atoms with E-state index in [2.05, 4.69) is 0 Å². The summed E-state index contributed by atoms with van der Waals surface area (Å²) in [5.41, 5.74) is -1.20. The van der Waals surface area contributed by atoms with E-state index < -0.39 is 23.1 Å². The number of ether oxygens (including phenoxy) is 3. The molecule has 3 rings (SSSR count). The number of fused-ring (bicyclic) bond motifs is 1. The molecule has 25 heavy (non-hydrogen) atoms. The zero-order chi connectivity index (χ0) is 18.2. The van der Waals surface area contributed by atoms with Crippen LogP contribution < -0.4 is 9.47 Å². The third-order valence-corrected chi connectivity index (χ3v) is 5.12. The van der Waals surface area contributed by atoms with Gasteiger partial charge in [0.25, 0.3) is 5.91 Å². The molecule has 2 heterocycles. The first-order valence-electron chi connectivity index (χ1n) is 7.95. The molecule has 136 valence electrons. The average molecular weight is 353 g/mol. The summed E-state index contributed by atoms with van der Waals surface area (Å²) in [7, 11) is 2.77. The van der Waals surface area contributed by atoms with Crippen LogP contribution in [0.5, 0.6) is 11.5 Å². The van der Waals surface area contributed by atoms with Gasteiger partial charge in [-0.25, -0.2) is 4.39 Å². The molecule has 0 bridgehead atoms. The smallest absolute Gasteiger partial charge is 0.311 e. The van der Waals surface area contributed by atoms with Crippen LogP contribution in [0, 0.1) is 17.2 Å². The summed E-state index contributed by atoms with van der Waals surface area (Å²) in [5.74, 6) is -2.12. The van der Waals surface area contributed by atoms with Crippen molar-refractivity contribution in [1.29, 1.82) is 0 Å². The fourth-order valence-corrected chi connectivity index (χ4v) is 3.64. The van der Waals surface area contributed by atoms with Crippen molar-refractivity contribution in [3.05, 3.63) is 23.5 Å². The number of carboxylic acid groups (broad SMARTS) is 1. The summed E-state index contributed by atoms with van der Waals surface area (Å²) in [6, 6.07) is 2.37. The molecule has 1 aromatic rings. The minimum absolute atomic E-state index is 0.0446. The first kappa shape index (κ1) is 17.5. The Morgan fingerprint density at radius 2 is 2.00 bits per heavy atom. The van der Waals surface area contributed by atoms with Crippen LogP contribution in [0.25, 0.3) is 0 Å². The maximum atomic E-state index is 14.4. The number of carbonyl (C=O) groups is 2. The Morgan fingerprint density at radius 1 is 1.32 bits per heavy atom. The van der Waals surface area contributed by atoms with E-state index in [-0.39, 0.29) is 42.7 Å². The van der Waals surface area contributed by atoms with Crippen molar-refractivity contribution >= 4 is 11.9 Å².